The van der Waals surface area contributed by atoms with Gasteiger partial charge in [-0.15, -0.1) is 0 Å². The number of benzene rings is 1. The molecule has 0 radical (unpaired) electrons. The molecule has 0 amide bonds. The van der Waals surface area contributed by atoms with Crippen LogP contribution in [0.15, 0.2) is 18.2 Å². The van der Waals surface area contributed by atoms with E-state index in [2.05, 4.69) is 16.7 Å². The van der Waals surface area contributed by atoms with E-state index in [1.807, 2.05) is 18.2 Å². The predicted octanol–water partition coefficient (Wildman–Crippen LogP) is 2.46. The first-order valence-electron chi connectivity index (χ1n) is 6.26. The van der Waals surface area contributed by atoms with Gasteiger partial charge in [0.2, 0.25) is 0 Å². The lowest BCUT2D eigenvalue weighted by molar-refractivity contribution is 0.201. The maximum Gasteiger partial charge on any atom is 0.0640 e. The molecule has 100 valence electrons. The Hall–Kier alpha value is -0.480. The molecule has 0 aromatic heterocycles. The zero-order chi connectivity index (χ0) is 13.1. The van der Waals surface area contributed by atoms with Crippen LogP contribution in [-0.2, 0) is 0 Å². The highest BCUT2D eigenvalue weighted by Crippen LogP contribution is 2.29. The van der Waals surface area contributed by atoms with Crippen molar-refractivity contribution in [1.29, 1.82) is 0 Å². The van der Waals surface area contributed by atoms with Gasteiger partial charge >= 0.3 is 0 Å². The molecule has 1 aromatic carbocycles. The molecule has 5 heteroatoms. The molecule has 1 fully saturated rings. The summed E-state index contributed by atoms with van der Waals surface area (Å²) in [6.07, 6.45) is 0. The van der Waals surface area contributed by atoms with Crippen molar-refractivity contribution in [3.63, 3.8) is 0 Å². The van der Waals surface area contributed by atoms with Gasteiger partial charge in [0.1, 0.15) is 0 Å². The molecular weight excluding hydrogens is 269 g/mol. The Morgan fingerprint density at radius 2 is 1.89 bits per heavy atom. The summed E-state index contributed by atoms with van der Waals surface area (Å²) in [6.45, 7) is 6.83. The summed E-state index contributed by atoms with van der Waals surface area (Å²) in [5, 5.41) is 1.49. The predicted molar refractivity (Wildman–Crippen MR) is 78.8 cm³/mol. The molecule has 1 saturated heterocycles. The molecular formula is C13H19Cl2N3. The maximum absolute atomic E-state index is 6.22. The molecule has 1 atom stereocenters. The van der Waals surface area contributed by atoms with Crippen LogP contribution in [0, 0.1) is 0 Å². The zero-order valence-electron chi connectivity index (χ0n) is 10.6. The van der Waals surface area contributed by atoms with Crippen LogP contribution in [-0.4, -0.2) is 43.7 Å². The molecule has 3 nitrogen and oxygen atoms in total. The fourth-order valence-electron chi connectivity index (χ4n) is 2.28. The van der Waals surface area contributed by atoms with E-state index in [1.54, 1.807) is 0 Å². The summed E-state index contributed by atoms with van der Waals surface area (Å²) in [7, 11) is 0. The van der Waals surface area contributed by atoms with Gasteiger partial charge < -0.3 is 10.6 Å². The monoisotopic (exact) mass is 287 g/mol. The third-order valence-corrected chi connectivity index (χ3v) is 4.08. The fourth-order valence-corrected chi connectivity index (χ4v) is 2.68. The first-order chi connectivity index (χ1) is 8.61. The Morgan fingerprint density at radius 1 is 1.22 bits per heavy atom. The second-order valence-electron chi connectivity index (χ2n) is 4.70. The van der Waals surface area contributed by atoms with Crippen LogP contribution in [0.4, 0.5) is 5.69 Å². The number of anilines is 1. The van der Waals surface area contributed by atoms with E-state index in [0.29, 0.717) is 12.6 Å². The molecule has 1 aromatic rings. The quantitative estimate of drug-likeness (QED) is 0.927. The van der Waals surface area contributed by atoms with E-state index in [0.717, 1.165) is 41.9 Å². The maximum atomic E-state index is 6.22. The second kappa shape index (κ2) is 6.11. The van der Waals surface area contributed by atoms with Gasteiger partial charge in [-0.05, 0) is 25.1 Å². The van der Waals surface area contributed by atoms with Crippen molar-refractivity contribution in [3.8, 4) is 0 Å². The number of hydrogen-bond donors (Lipinski definition) is 1. The summed E-state index contributed by atoms with van der Waals surface area (Å²) in [4.78, 5) is 4.70. The third-order valence-electron chi connectivity index (χ3n) is 3.53. The molecule has 0 bridgehead atoms. The van der Waals surface area contributed by atoms with Crippen LogP contribution in [0.25, 0.3) is 0 Å². The highest BCUT2D eigenvalue weighted by molar-refractivity contribution is 6.35. The molecule has 2 rings (SSSR count). The third kappa shape index (κ3) is 3.09. The number of nitrogens with two attached hydrogens (primary N) is 1. The zero-order valence-corrected chi connectivity index (χ0v) is 12.1. The van der Waals surface area contributed by atoms with E-state index in [4.69, 9.17) is 28.9 Å². The Morgan fingerprint density at radius 3 is 2.50 bits per heavy atom. The van der Waals surface area contributed by atoms with Gasteiger partial charge in [-0.3, -0.25) is 4.90 Å². The lowest BCUT2D eigenvalue weighted by atomic mass is 10.2. The number of halogens is 2. The van der Waals surface area contributed by atoms with Gasteiger partial charge in [0.25, 0.3) is 0 Å². The number of rotatable bonds is 3. The first kappa shape index (κ1) is 13.9. The van der Waals surface area contributed by atoms with Crippen molar-refractivity contribution < 1.29 is 0 Å². The van der Waals surface area contributed by atoms with Gasteiger partial charge in [-0.25, -0.2) is 0 Å². The summed E-state index contributed by atoms with van der Waals surface area (Å²) < 4.78 is 0. The molecule has 0 aliphatic carbocycles. The van der Waals surface area contributed by atoms with Crippen LogP contribution < -0.4 is 10.6 Å². The normalized spacial score (nSPS) is 19.0. The minimum atomic E-state index is 0.446. The highest BCUT2D eigenvalue weighted by atomic mass is 35.5. The molecule has 1 heterocycles. The number of nitrogens with zero attached hydrogens (tertiary/aromatic N) is 2. The van der Waals surface area contributed by atoms with Gasteiger partial charge in [-0.1, -0.05) is 23.2 Å². The average molecular weight is 288 g/mol. The van der Waals surface area contributed by atoms with E-state index in [1.165, 1.54) is 0 Å². The minimum absolute atomic E-state index is 0.446. The van der Waals surface area contributed by atoms with Crippen molar-refractivity contribution in [2.75, 3.05) is 37.6 Å². The Balaban J connectivity index is 2.03. The molecule has 0 spiro atoms. The Bertz CT molecular complexity index is 403. The van der Waals surface area contributed by atoms with Crippen molar-refractivity contribution in [2.24, 2.45) is 5.73 Å². The molecule has 1 aliphatic heterocycles. The molecule has 0 saturated carbocycles. The van der Waals surface area contributed by atoms with Gasteiger partial charge in [0.15, 0.2) is 0 Å². The number of hydrogen-bond acceptors (Lipinski definition) is 3. The molecule has 2 N–H and O–H groups in total. The Kier molecular flexibility index (Phi) is 4.73. The van der Waals surface area contributed by atoms with Crippen molar-refractivity contribution in [3.05, 3.63) is 28.2 Å². The minimum Gasteiger partial charge on any atom is -0.368 e. The van der Waals surface area contributed by atoms with E-state index in [-0.39, 0.29) is 0 Å². The van der Waals surface area contributed by atoms with Crippen LogP contribution in [0.2, 0.25) is 10.0 Å². The smallest absolute Gasteiger partial charge is 0.0640 e. The van der Waals surface area contributed by atoms with Crippen molar-refractivity contribution in [2.45, 2.75) is 13.0 Å². The lowest BCUT2D eigenvalue weighted by Gasteiger charge is -2.39. The van der Waals surface area contributed by atoms with Crippen molar-refractivity contribution in [1.82, 2.24) is 4.90 Å². The van der Waals surface area contributed by atoms with Crippen LogP contribution in [0.5, 0.6) is 0 Å². The van der Waals surface area contributed by atoms with E-state index in [9.17, 15) is 0 Å². The van der Waals surface area contributed by atoms with Gasteiger partial charge in [0, 0.05) is 43.8 Å². The van der Waals surface area contributed by atoms with Gasteiger partial charge in [-0.2, -0.15) is 0 Å². The second-order valence-corrected chi connectivity index (χ2v) is 5.55. The van der Waals surface area contributed by atoms with E-state index >= 15 is 0 Å². The highest BCUT2D eigenvalue weighted by Gasteiger charge is 2.21. The topological polar surface area (TPSA) is 32.5 Å². The summed E-state index contributed by atoms with van der Waals surface area (Å²) in [5.41, 5.74) is 6.73. The number of piperazine rings is 1. The molecule has 1 aliphatic rings. The van der Waals surface area contributed by atoms with Crippen LogP contribution in [0.1, 0.15) is 6.92 Å². The SMILES string of the molecule is CC(CN)N1CCN(c2cc(Cl)ccc2Cl)CC1. The fraction of sp³-hybridized carbons (Fsp3) is 0.538. The van der Waals surface area contributed by atoms with Gasteiger partial charge in [0.05, 0.1) is 10.7 Å². The average Bonchev–Trinajstić information content (AvgIpc) is 2.41. The Labute approximate surface area is 118 Å². The molecule has 18 heavy (non-hydrogen) atoms. The van der Waals surface area contributed by atoms with Crippen molar-refractivity contribution >= 4 is 28.9 Å². The summed E-state index contributed by atoms with van der Waals surface area (Å²) in [6, 6.07) is 6.06. The largest absolute Gasteiger partial charge is 0.368 e. The van der Waals surface area contributed by atoms with Crippen LogP contribution >= 0.6 is 23.2 Å². The summed E-state index contributed by atoms with van der Waals surface area (Å²) in [5.74, 6) is 0. The first-order valence-corrected chi connectivity index (χ1v) is 7.01. The van der Waals surface area contributed by atoms with E-state index < -0.39 is 0 Å². The molecule has 1 unspecified atom stereocenters. The summed E-state index contributed by atoms with van der Waals surface area (Å²) >= 11 is 12.2. The standard InChI is InChI=1S/C13H19Cl2N3/c1-10(9-16)17-4-6-18(7-5-17)13-8-11(14)2-3-12(13)15/h2-3,8,10H,4-7,9,16H2,1H3. The lowest BCUT2D eigenvalue weighted by Crippen LogP contribution is -2.51. The van der Waals surface area contributed by atoms with Crippen LogP contribution in [0.3, 0.4) is 0 Å².